The van der Waals surface area contributed by atoms with Crippen molar-refractivity contribution in [3.05, 3.63) is 23.2 Å². The van der Waals surface area contributed by atoms with Gasteiger partial charge in [0.2, 0.25) is 10.0 Å². The second kappa shape index (κ2) is 7.76. The molecule has 4 bridgehead atoms. The van der Waals surface area contributed by atoms with Crippen molar-refractivity contribution in [2.45, 2.75) is 43.4 Å². The zero-order chi connectivity index (χ0) is 20.9. The molecule has 1 aliphatic heterocycles. The maximum atomic E-state index is 13.1. The van der Waals surface area contributed by atoms with Crippen LogP contribution in [0, 0.1) is 23.2 Å². The van der Waals surface area contributed by atoms with E-state index < -0.39 is 10.0 Å². The van der Waals surface area contributed by atoms with E-state index in [0.717, 1.165) is 19.3 Å². The van der Waals surface area contributed by atoms with Gasteiger partial charge in [-0.25, -0.2) is 8.42 Å². The molecular formula is C22H28ClNO5S. The van der Waals surface area contributed by atoms with Crippen molar-refractivity contribution in [3.63, 3.8) is 0 Å². The van der Waals surface area contributed by atoms with Crippen molar-refractivity contribution in [2.24, 2.45) is 23.2 Å². The number of sulfonamides is 1. The fourth-order valence-electron chi connectivity index (χ4n) is 6.44. The van der Waals surface area contributed by atoms with Gasteiger partial charge in [0, 0.05) is 18.5 Å². The van der Waals surface area contributed by atoms with E-state index >= 15 is 0 Å². The van der Waals surface area contributed by atoms with E-state index in [2.05, 4.69) is 0 Å². The third kappa shape index (κ3) is 3.68. The molecule has 0 N–H and O–H groups in total. The summed E-state index contributed by atoms with van der Waals surface area (Å²) in [4.78, 5) is 13.3. The molecule has 1 heterocycles. The molecule has 30 heavy (non-hydrogen) atoms. The topological polar surface area (TPSA) is 72.9 Å². The molecule has 164 valence electrons. The molecule has 5 fully saturated rings. The maximum Gasteiger partial charge on any atom is 0.243 e. The number of carbonyl (C=O) groups excluding carboxylic acids is 1. The Morgan fingerprint density at radius 2 is 1.70 bits per heavy atom. The summed E-state index contributed by atoms with van der Waals surface area (Å²) in [5, 5.41) is 0.211. The van der Waals surface area contributed by atoms with Crippen LogP contribution in [0.15, 0.2) is 23.1 Å². The number of ether oxygens (including phenoxy) is 2. The second-order valence-electron chi connectivity index (χ2n) is 9.52. The van der Waals surface area contributed by atoms with Crippen LogP contribution in [-0.4, -0.2) is 51.4 Å². The number of ketones is 1. The highest BCUT2D eigenvalue weighted by Gasteiger charge is 2.54. The number of rotatable bonds is 6. The van der Waals surface area contributed by atoms with Crippen molar-refractivity contribution < 1.29 is 22.7 Å². The molecule has 6 rings (SSSR count). The second-order valence-corrected chi connectivity index (χ2v) is 11.9. The largest absolute Gasteiger partial charge is 0.484 e. The predicted octanol–water partition coefficient (Wildman–Crippen LogP) is 3.53. The van der Waals surface area contributed by atoms with E-state index in [4.69, 9.17) is 21.1 Å². The summed E-state index contributed by atoms with van der Waals surface area (Å²) in [7, 11) is -3.62. The molecule has 0 aromatic heterocycles. The van der Waals surface area contributed by atoms with Gasteiger partial charge < -0.3 is 9.47 Å². The predicted molar refractivity (Wildman–Crippen MR) is 112 cm³/mol. The standard InChI is InChI=1S/C22H28ClNO5S/c23-19-10-18(30(26,27)24-3-5-28-6-4-24)1-2-20(19)29-14-21(25)22-11-15-7-16(12-22)9-17(8-15)13-22/h1-2,10,15-17H,3-9,11-14H2. The van der Waals surface area contributed by atoms with Crippen molar-refractivity contribution in [1.82, 2.24) is 4.31 Å². The Bertz CT molecular complexity index is 906. The van der Waals surface area contributed by atoms with Crippen molar-refractivity contribution in [1.29, 1.82) is 0 Å². The lowest BCUT2D eigenvalue weighted by Crippen LogP contribution is -2.51. The zero-order valence-electron chi connectivity index (χ0n) is 17.0. The van der Waals surface area contributed by atoms with Gasteiger partial charge in [-0.05, 0) is 74.5 Å². The molecule has 5 aliphatic rings. The summed E-state index contributed by atoms with van der Waals surface area (Å²) in [6.07, 6.45) is 6.89. The van der Waals surface area contributed by atoms with E-state index in [0.29, 0.717) is 49.8 Å². The lowest BCUT2D eigenvalue weighted by Gasteiger charge is -2.55. The molecular weight excluding hydrogens is 426 g/mol. The number of halogens is 1. The summed E-state index contributed by atoms with van der Waals surface area (Å²) < 4.78 is 38.0. The van der Waals surface area contributed by atoms with Crippen LogP contribution >= 0.6 is 11.6 Å². The highest BCUT2D eigenvalue weighted by Crippen LogP contribution is 2.60. The van der Waals surface area contributed by atoms with E-state index in [9.17, 15) is 13.2 Å². The first-order valence-electron chi connectivity index (χ1n) is 10.9. The lowest BCUT2D eigenvalue weighted by atomic mass is 9.48. The average Bonchev–Trinajstić information content (AvgIpc) is 2.72. The molecule has 4 saturated carbocycles. The fourth-order valence-corrected chi connectivity index (χ4v) is 8.18. The van der Waals surface area contributed by atoms with Gasteiger partial charge in [-0.1, -0.05) is 11.6 Å². The number of hydrogen-bond acceptors (Lipinski definition) is 5. The Kier molecular flexibility index (Phi) is 5.37. The van der Waals surface area contributed by atoms with Gasteiger partial charge in [0.25, 0.3) is 0 Å². The number of hydrogen-bond donors (Lipinski definition) is 0. The maximum absolute atomic E-state index is 13.1. The zero-order valence-corrected chi connectivity index (χ0v) is 18.6. The van der Waals surface area contributed by atoms with Gasteiger partial charge in [-0.2, -0.15) is 4.31 Å². The molecule has 0 spiro atoms. The van der Waals surface area contributed by atoms with E-state index in [1.165, 1.54) is 35.7 Å². The van der Waals surface area contributed by atoms with Crippen LogP contribution in [0.25, 0.3) is 0 Å². The van der Waals surface area contributed by atoms with Crippen LogP contribution in [0.1, 0.15) is 38.5 Å². The van der Waals surface area contributed by atoms with E-state index in [-0.39, 0.29) is 27.7 Å². The molecule has 8 heteroatoms. The van der Waals surface area contributed by atoms with Crippen LogP contribution in [0.2, 0.25) is 5.02 Å². The van der Waals surface area contributed by atoms with Crippen molar-refractivity contribution in [2.75, 3.05) is 32.9 Å². The minimum Gasteiger partial charge on any atom is -0.484 e. The number of carbonyl (C=O) groups is 1. The number of benzene rings is 1. The molecule has 1 aromatic carbocycles. The Morgan fingerprint density at radius 1 is 1.10 bits per heavy atom. The molecule has 4 aliphatic carbocycles. The van der Waals surface area contributed by atoms with Gasteiger partial charge in [0.1, 0.15) is 12.4 Å². The summed E-state index contributed by atoms with van der Waals surface area (Å²) in [5.41, 5.74) is -0.208. The SMILES string of the molecule is O=C(COc1ccc(S(=O)(=O)N2CCOCC2)cc1Cl)C12CC3CC(CC(C3)C1)C2. The lowest BCUT2D eigenvalue weighted by molar-refractivity contribution is -0.145. The first kappa shape index (κ1) is 20.7. The highest BCUT2D eigenvalue weighted by molar-refractivity contribution is 7.89. The summed E-state index contributed by atoms with van der Waals surface area (Å²) >= 11 is 6.33. The van der Waals surface area contributed by atoms with Crippen molar-refractivity contribution >= 4 is 27.4 Å². The summed E-state index contributed by atoms with van der Waals surface area (Å²) in [5.74, 6) is 2.65. The molecule has 1 saturated heterocycles. The third-order valence-electron chi connectivity index (χ3n) is 7.50. The Hall–Kier alpha value is -1.15. The first-order chi connectivity index (χ1) is 14.4. The smallest absolute Gasteiger partial charge is 0.243 e. The first-order valence-corrected chi connectivity index (χ1v) is 12.7. The van der Waals surface area contributed by atoms with Crippen LogP contribution in [0.5, 0.6) is 5.75 Å². The van der Waals surface area contributed by atoms with Gasteiger partial charge >= 0.3 is 0 Å². The fraction of sp³-hybridized carbons (Fsp3) is 0.682. The minimum absolute atomic E-state index is 0.00143. The van der Waals surface area contributed by atoms with Crippen LogP contribution in [0.4, 0.5) is 0 Å². The van der Waals surface area contributed by atoms with Gasteiger partial charge in [0.05, 0.1) is 23.1 Å². The number of morpholine rings is 1. The molecule has 1 aromatic rings. The highest BCUT2D eigenvalue weighted by atomic mass is 35.5. The minimum atomic E-state index is -3.62. The van der Waals surface area contributed by atoms with Crippen molar-refractivity contribution in [3.8, 4) is 5.75 Å². The molecule has 6 nitrogen and oxygen atoms in total. The van der Waals surface area contributed by atoms with Crippen LogP contribution < -0.4 is 4.74 Å². The number of Topliss-reactive ketones (excluding diaryl/α,β-unsaturated/α-hetero) is 1. The summed E-state index contributed by atoms with van der Waals surface area (Å²) in [6.45, 7) is 1.44. The molecule has 0 amide bonds. The molecule has 0 unspecified atom stereocenters. The Morgan fingerprint density at radius 3 is 2.27 bits per heavy atom. The Balaban J connectivity index is 1.26. The van der Waals surface area contributed by atoms with E-state index in [1.54, 1.807) is 6.07 Å². The number of nitrogens with zero attached hydrogens (tertiary/aromatic N) is 1. The monoisotopic (exact) mass is 453 g/mol. The molecule has 0 radical (unpaired) electrons. The Labute approximate surface area is 182 Å². The van der Waals surface area contributed by atoms with E-state index in [1.807, 2.05) is 0 Å². The van der Waals surface area contributed by atoms with Gasteiger partial charge in [-0.15, -0.1) is 0 Å². The quantitative estimate of drug-likeness (QED) is 0.658. The third-order valence-corrected chi connectivity index (χ3v) is 9.69. The van der Waals surface area contributed by atoms with Gasteiger partial charge in [-0.3, -0.25) is 4.79 Å². The summed E-state index contributed by atoms with van der Waals surface area (Å²) in [6, 6.07) is 4.47. The molecule has 0 atom stereocenters. The normalized spacial score (nSPS) is 33.6. The van der Waals surface area contributed by atoms with Crippen LogP contribution in [0.3, 0.4) is 0 Å². The van der Waals surface area contributed by atoms with Crippen LogP contribution in [-0.2, 0) is 19.6 Å². The van der Waals surface area contributed by atoms with Gasteiger partial charge in [0.15, 0.2) is 5.78 Å². The average molecular weight is 454 g/mol.